The van der Waals surface area contributed by atoms with Crippen LogP contribution in [0.2, 0.25) is 0 Å². The van der Waals surface area contributed by atoms with Crippen LogP contribution in [-0.2, 0) is 0 Å². The van der Waals surface area contributed by atoms with Gasteiger partial charge in [0.15, 0.2) is 5.82 Å². The maximum absolute atomic E-state index is 12.9. The molecule has 21 heavy (non-hydrogen) atoms. The number of amides is 2. The maximum Gasteiger partial charge on any atom is 0.322 e. The Morgan fingerprint density at radius 1 is 1.43 bits per heavy atom. The molecule has 0 saturated heterocycles. The molecule has 0 aliphatic rings. The summed E-state index contributed by atoms with van der Waals surface area (Å²) in [7, 11) is 1.58. The number of hydrogen-bond acceptors (Lipinski definition) is 3. The summed E-state index contributed by atoms with van der Waals surface area (Å²) in [5.74, 6) is 0.0781. The van der Waals surface area contributed by atoms with E-state index in [9.17, 15) is 9.18 Å². The summed E-state index contributed by atoms with van der Waals surface area (Å²) in [5, 5.41) is 15.7. The summed E-state index contributed by atoms with van der Waals surface area (Å²) in [4.78, 5) is 13.2. The van der Waals surface area contributed by atoms with E-state index >= 15 is 0 Å². The quantitative estimate of drug-likeness (QED) is 0.902. The maximum atomic E-state index is 12.9. The molecule has 2 N–H and O–H groups in total. The second kappa shape index (κ2) is 6.36. The molecule has 2 aromatic rings. The molecule has 1 aromatic carbocycles. The molecule has 2 rings (SSSR count). The summed E-state index contributed by atoms with van der Waals surface area (Å²) in [6.07, 6.45) is 0. The highest BCUT2D eigenvalue weighted by Gasteiger charge is 2.12. The highest BCUT2D eigenvalue weighted by molar-refractivity contribution is 5.88. The van der Waals surface area contributed by atoms with E-state index in [1.165, 1.54) is 17.0 Å². The molecule has 0 bridgehead atoms. The highest BCUT2D eigenvalue weighted by atomic mass is 19.1. The molecular weight excluding hydrogens is 275 g/mol. The molecule has 1 aromatic heterocycles. The van der Waals surface area contributed by atoms with Crippen LogP contribution < -0.4 is 5.32 Å². The topological polar surface area (TPSA) is 70.4 Å². The predicted molar refractivity (Wildman–Crippen MR) is 77.0 cm³/mol. The Bertz CT molecular complexity index is 624. The Morgan fingerprint density at radius 3 is 2.71 bits per heavy atom. The van der Waals surface area contributed by atoms with Crippen molar-refractivity contribution in [3.05, 3.63) is 41.8 Å². The lowest BCUT2D eigenvalue weighted by Crippen LogP contribution is -2.33. The largest absolute Gasteiger partial charge is 0.395 e. The van der Waals surface area contributed by atoms with Gasteiger partial charge in [-0.15, -0.1) is 5.10 Å². The number of hydrogen-bond donors (Lipinski definition) is 2. The number of aliphatic hydroxyl groups excluding tert-OH is 1. The average Bonchev–Trinajstić information content (AvgIpc) is 2.80. The number of aryl methyl sites for hydroxylation is 1. The lowest BCUT2D eigenvalue weighted by Gasteiger charge is -2.15. The first-order valence-corrected chi connectivity index (χ1v) is 6.47. The molecule has 6 nitrogen and oxygen atoms in total. The number of nitrogens with zero attached hydrogens (tertiary/aromatic N) is 3. The molecule has 0 aliphatic heterocycles. The van der Waals surface area contributed by atoms with Gasteiger partial charge in [0, 0.05) is 25.4 Å². The second-order valence-corrected chi connectivity index (χ2v) is 4.63. The number of halogens is 1. The van der Waals surface area contributed by atoms with Crippen LogP contribution in [0.1, 0.15) is 5.69 Å². The zero-order valence-corrected chi connectivity index (χ0v) is 11.9. The van der Waals surface area contributed by atoms with E-state index in [4.69, 9.17) is 5.11 Å². The fourth-order valence-electron chi connectivity index (χ4n) is 1.84. The Labute approximate surface area is 121 Å². The van der Waals surface area contributed by atoms with E-state index in [0.29, 0.717) is 11.5 Å². The molecule has 7 heteroatoms. The van der Waals surface area contributed by atoms with E-state index in [-0.39, 0.29) is 25.0 Å². The fourth-order valence-corrected chi connectivity index (χ4v) is 1.84. The molecule has 0 saturated carbocycles. The zero-order chi connectivity index (χ0) is 15.4. The minimum Gasteiger partial charge on any atom is -0.395 e. The van der Waals surface area contributed by atoms with Gasteiger partial charge in [0.1, 0.15) is 5.82 Å². The monoisotopic (exact) mass is 292 g/mol. The van der Waals surface area contributed by atoms with E-state index in [2.05, 4.69) is 10.4 Å². The van der Waals surface area contributed by atoms with Crippen molar-refractivity contribution in [2.45, 2.75) is 6.92 Å². The number of likely N-dealkylation sites (N-methyl/N-ethyl adjacent to an activating group) is 1. The van der Waals surface area contributed by atoms with Crippen LogP contribution in [-0.4, -0.2) is 46.0 Å². The number of carbonyl (C=O) groups excluding carboxylic acids is 1. The standard InChI is InChI=1S/C14H17FN4O2/c1-10-9-13(16-14(21)18(2)7-8-20)17-19(10)12-5-3-11(15)4-6-12/h3-6,9,20H,7-8H2,1-2H3,(H,16,17,21). The third-order valence-corrected chi connectivity index (χ3v) is 2.98. The van der Waals surface area contributed by atoms with E-state index in [1.807, 2.05) is 6.92 Å². The van der Waals surface area contributed by atoms with E-state index < -0.39 is 0 Å². The molecule has 0 radical (unpaired) electrons. The first kappa shape index (κ1) is 15.0. The summed E-state index contributed by atoms with van der Waals surface area (Å²) in [6, 6.07) is 7.28. The van der Waals surface area contributed by atoms with Crippen LogP contribution in [0.4, 0.5) is 15.0 Å². The van der Waals surface area contributed by atoms with Gasteiger partial charge in [0.25, 0.3) is 0 Å². The van der Waals surface area contributed by atoms with Crippen molar-refractivity contribution in [3.63, 3.8) is 0 Å². The van der Waals surface area contributed by atoms with Crippen molar-refractivity contribution in [2.24, 2.45) is 0 Å². The predicted octanol–water partition coefficient (Wildman–Crippen LogP) is 1.78. The fraction of sp³-hybridized carbons (Fsp3) is 0.286. The normalized spacial score (nSPS) is 10.5. The third kappa shape index (κ3) is 3.57. The Morgan fingerprint density at radius 2 is 2.10 bits per heavy atom. The first-order chi connectivity index (χ1) is 10.0. The molecule has 2 amide bonds. The van der Waals surface area contributed by atoms with Gasteiger partial charge in [-0.25, -0.2) is 13.9 Å². The Balaban J connectivity index is 2.16. The van der Waals surface area contributed by atoms with Crippen molar-refractivity contribution in [2.75, 3.05) is 25.5 Å². The summed E-state index contributed by atoms with van der Waals surface area (Å²) in [5.41, 5.74) is 1.51. The Kier molecular flexibility index (Phi) is 4.54. The lowest BCUT2D eigenvalue weighted by molar-refractivity contribution is 0.202. The number of aliphatic hydroxyl groups is 1. The van der Waals surface area contributed by atoms with Gasteiger partial charge in [0.2, 0.25) is 0 Å². The van der Waals surface area contributed by atoms with Crippen LogP contribution in [0.3, 0.4) is 0 Å². The minimum atomic E-state index is -0.354. The highest BCUT2D eigenvalue weighted by Crippen LogP contribution is 2.15. The lowest BCUT2D eigenvalue weighted by atomic mass is 10.3. The summed E-state index contributed by atoms with van der Waals surface area (Å²) >= 11 is 0. The van der Waals surface area contributed by atoms with E-state index in [0.717, 1.165) is 5.69 Å². The molecule has 0 spiro atoms. The average molecular weight is 292 g/mol. The van der Waals surface area contributed by atoms with Crippen molar-refractivity contribution in [3.8, 4) is 5.69 Å². The number of rotatable bonds is 4. The van der Waals surface area contributed by atoms with Gasteiger partial charge in [-0.1, -0.05) is 0 Å². The molecule has 0 atom stereocenters. The van der Waals surface area contributed by atoms with Crippen molar-refractivity contribution >= 4 is 11.8 Å². The van der Waals surface area contributed by atoms with Gasteiger partial charge >= 0.3 is 6.03 Å². The van der Waals surface area contributed by atoms with Gasteiger partial charge < -0.3 is 10.0 Å². The number of urea groups is 1. The first-order valence-electron chi connectivity index (χ1n) is 6.47. The van der Waals surface area contributed by atoms with Crippen LogP contribution in [0.25, 0.3) is 5.69 Å². The van der Waals surface area contributed by atoms with Crippen molar-refractivity contribution in [1.82, 2.24) is 14.7 Å². The molecule has 1 heterocycles. The molecular formula is C14H17FN4O2. The molecule has 0 aliphatic carbocycles. The van der Waals surface area contributed by atoms with Crippen LogP contribution in [0, 0.1) is 12.7 Å². The van der Waals surface area contributed by atoms with Crippen molar-refractivity contribution in [1.29, 1.82) is 0 Å². The summed E-state index contributed by atoms with van der Waals surface area (Å²) in [6.45, 7) is 1.97. The SMILES string of the molecule is Cc1cc(NC(=O)N(C)CCO)nn1-c1ccc(F)cc1. The van der Waals surface area contributed by atoms with Crippen LogP contribution >= 0.6 is 0 Å². The van der Waals surface area contributed by atoms with Gasteiger partial charge in [-0.05, 0) is 31.2 Å². The van der Waals surface area contributed by atoms with Gasteiger partial charge in [-0.2, -0.15) is 0 Å². The van der Waals surface area contributed by atoms with Crippen molar-refractivity contribution < 1.29 is 14.3 Å². The number of aromatic nitrogens is 2. The molecule has 112 valence electrons. The minimum absolute atomic E-state index is 0.104. The number of nitrogens with one attached hydrogen (secondary N) is 1. The third-order valence-electron chi connectivity index (χ3n) is 2.98. The van der Waals surface area contributed by atoms with Gasteiger partial charge in [-0.3, -0.25) is 5.32 Å². The smallest absolute Gasteiger partial charge is 0.322 e. The van der Waals surface area contributed by atoms with Crippen LogP contribution in [0.15, 0.2) is 30.3 Å². The number of carbonyl (C=O) groups is 1. The number of anilines is 1. The number of benzene rings is 1. The van der Waals surface area contributed by atoms with Gasteiger partial charge in [0.05, 0.1) is 12.3 Å². The molecule has 0 unspecified atom stereocenters. The van der Waals surface area contributed by atoms with E-state index in [1.54, 1.807) is 29.9 Å². The Hall–Kier alpha value is -2.41. The summed E-state index contributed by atoms with van der Waals surface area (Å²) < 4.78 is 14.5. The zero-order valence-electron chi connectivity index (χ0n) is 11.9. The second-order valence-electron chi connectivity index (χ2n) is 4.63. The van der Waals surface area contributed by atoms with Crippen LogP contribution in [0.5, 0.6) is 0 Å². The molecule has 0 fully saturated rings.